The molecule has 0 bridgehead atoms. The van der Waals surface area contributed by atoms with Crippen molar-refractivity contribution < 1.29 is 0 Å². The van der Waals surface area contributed by atoms with Gasteiger partial charge in [-0.3, -0.25) is 4.99 Å². The molecule has 1 atom stereocenters. The van der Waals surface area contributed by atoms with E-state index in [2.05, 4.69) is 25.4 Å². The van der Waals surface area contributed by atoms with Crippen molar-refractivity contribution in [2.24, 2.45) is 4.99 Å². The van der Waals surface area contributed by atoms with E-state index in [-0.39, 0.29) is 0 Å². The lowest BCUT2D eigenvalue weighted by molar-refractivity contribution is 1.11. The Hall–Kier alpha value is -0.160. The highest BCUT2D eigenvalue weighted by Gasteiger charge is 1.84. The Kier molecular flexibility index (Phi) is 4.89. The van der Waals surface area contributed by atoms with E-state index in [1.165, 1.54) is 0 Å². The van der Waals surface area contributed by atoms with Crippen molar-refractivity contribution in [3.8, 4) is 0 Å². The third kappa shape index (κ3) is 5.84. The monoisotopic (exact) mass is 129 g/mol. The van der Waals surface area contributed by atoms with E-state index < -0.39 is 0 Å². The highest BCUT2D eigenvalue weighted by atomic mass is 31.1. The van der Waals surface area contributed by atoms with Crippen LogP contribution in [-0.2, 0) is 0 Å². The van der Waals surface area contributed by atoms with Gasteiger partial charge in [-0.25, -0.2) is 0 Å². The molecule has 0 rings (SSSR count). The summed E-state index contributed by atoms with van der Waals surface area (Å²) in [5, 5.41) is 0. The molecule has 0 radical (unpaired) electrons. The minimum atomic E-state index is 0.735. The molecule has 0 aromatic rings. The van der Waals surface area contributed by atoms with E-state index in [4.69, 9.17) is 0 Å². The van der Waals surface area contributed by atoms with Gasteiger partial charge in [0.05, 0.1) is 0 Å². The zero-order valence-corrected chi connectivity index (χ0v) is 6.39. The molecule has 1 nitrogen and oxygen atoms in total. The SMILES string of the molecule is C=CN=CPC(C)C. The second-order valence-corrected chi connectivity index (χ2v) is 3.53. The van der Waals surface area contributed by atoms with Gasteiger partial charge in [0.15, 0.2) is 0 Å². The van der Waals surface area contributed by atoms with Crippen molar-refractivity contribution >= 4 is 14.5 Å². The second-order valence-electron chi connectivity index (χ2n) is 1.78. The molecule has 0 aliphatic heterocycles. The largest absolute Gasteiger partial charge is 0.265 e. The maximum absolute atomic E-state index is 3.86. The van der Waals surface area contributed by atoms with Crippen LogP contribution >= 0.6 is 8.58 Å². The minimum Gasteiger partial charge on any atom is -0.265 e. The van der Waals surface area contributed by atoms with Gasteiger partial charge in [0.2, 0.25) is 0 Å². The maximum Gasteiger partial charge on any atom is 0.0246 e. The molecule has 0 aliphatic rings. The lowest BCUT2D eigenvalue weighted by Gasteiger charge is -1.93. The molecule has 0 saturated carbocycles. The average Bonchev–Trinajstić information content (AvgIpc) is 1.66. The fourth-order valence-corrected chi connectivity index (χ4v) is 0.734. The molecular formula is C6H12NP. The first-order valence-corrected chi connectivity index (χ1v) is 3.81. The van der Waals surface area contributed by atoms with Crippen molar-refractivity contribution in [3.63, 3.8) is 0 Å². The number of aliphatic imine (C=N–C) groups is 1. The summed E-state index contributed by atoms with van der Waals surface area (Å²) in [7, 11) is 0.833. The normalized spacial score (nSPS) is 12.4. The zero-order chi connectivity index (χ0) is 6.41. The predicted octanol–water partition coefficient (Wildman–Crippen LogP) is 2.25. The average molecular weight is 129 g/mol. The fraction of sp³-hybridized carbons (Fsp3) is 0.500. The Labute approximate surface area is 52.7 Å². The smallest absolute Gasteiger partial charge is 0.0246 e. The van der Waals surface area contributed by atoms with E-state index in [9.17, 15) is 0 Å². The Morgan fingerprint density at radius 1 is 1.62 bits per heavy atom. The van der Waals surface area contributed by atoms with E-state index in [0.717, 1.165) is 14.2 Å². The van der Waals surface area contributed by atoms with Crippen molar-refractivity contribution in [1.29, 1.82) is 0 Å². The first-order valence-electron chi connectivity index (χ1n) is 2.66. The van der Waals surface area contributed by atoms with Gasteiger partial charge in [0.25, 0.3) is 0 Å². The van der Waals surface area contributed by atoms with Gasteiger partial charge in [-0.2, -0.15) is 0 Å². The van der Waals surface area contributed by atoms with Gasteiger partial charge in [-0.15, -0.1) is 0 Å². The number of hydrogen-bond acceptors (Lipinski definition) is 1. The topological polar surface area (TPSA) is 12.4 Å². The number of nitrogens with zero attached hydrogens (tertiary/aromatic N) is 1. The van der Waals surface area contributed by atoms with Crippen LogP contribution in [0.3, 0.4) is 0 Å². The quantitative estimate of drug-likeness (QED) is 0.409. The van der Waals surface area contributed by atoms with E-state index >= 15 is 0 Å². The zero-order valence-electron chi connectivity index (χ0n) is 5.39. The molecule has 0 spiro atoms. The molecule has 46 valence electrons. The van der Waals surface area contributed by atoms with Crippen molar-refractivity contribution in [2.75, 3.05) is 0 Å². The molecule has 0 aromatic carbocycles. The fourth-order valence-electron chi connectivity index (χ4n) is 0.245. The molecule has 8 heavy (non-hydrogen) atoms. The van der Waals surface area contributed by atoms with Crippen LogP contribution in [0.15, 0.2) is 17.8 Å². The van der Waals surface area contributed by atoms with E-state index in [1.807, 2.05) is 5.96 Å². The van der Waals surface area contributed by atoms with Gasteiger partial charge >= 0.3 is 0 Å². The first kappa shape index (κ1) is 7.84. The standard InChI is InChI=1S/C6H12NP/c1-4-7-5-8-6(2)3/h4-6,8H,1H2,2-3H3. The van der Waals surface area contributed by atoms with Crippen LogP contribution < -0.4 is 0 Å². The number of hydrogen-bond donors (Lipinski definition) is 0. The molecule has 0 aromatic heterocycles. The number of rotatable bonds is 3. The third-order valence-electron chi connectivity index (χ3n) is 0.588. The summed E-state index contributed by atoms with van der Waals surface area (Å²) in [4.78, 5) is 3.86. The molecule has 1 unspecified atom stereocenters. The van der Waals surface area contributed by atoms with Crippen molar-refractivity contribution in [3.05, 3.63) is 12.8 Å². The van der Waals surface area contributed by atoms with Crippen LogP contribution in [0.25, 0.3) is 0 Å². The Morgan fingerprint density at radius 3 is 2.62 bits per heavy atom. The van der Waals surface area contributed by atoms with Crippen LogP contribution in [0.5, 0.6) is 0 Å². The van der Waals surface area contributed by atoms with Gasteiger partial charge in [-0.1, -0.05) is 29.0 Å². The van der Waals surface area contributed by atoms with Crippen LogP contribution in [0.1, 0.15) is 13.8 Å². The van der Waals surface area contributed by atoms with Crippen molar-refractivity contribution in [2.45, 2.75) is 19.5 Å². The van der Waals surface area contributed by atoms with E-state index in [0.29, 0.717) is 0 Å². The van der Waals surface area contributed by atoms with Gasteiger partial charge < -0.3 is 0 Å². The van der Waals surface area contributed by atoms with Crippen LogP contribution in [0.4, 0.5) is 0 Å². The second kappa shape index (κ2) is 4.99. The molecule has 0 saturated heterocycles. The lowest BCUT2D eigenvalue weighted by atomic mass is 10.6. The first-order chi connectivity index (χ1) is 3.77. The maximum atomic E-state index is 3.86. The van der Waals surface area contributed by atoms with Crippen LogP contribution in [0, 0.1) is 0 Å². The highest BCUT2D eigenvalue weighted by Crippen LogP contribution is 2.12. The molecule has 2 heteroatoms. The highest BCUT2D eigenvalue weighted by molar-refractivity contribution is 7.56. The molecule has 0 N–H and O–H groups in total. The Balaban J connectivity index is 3.15. The van der Waals surface area contributed by atoms with E-state index in [1.54, 1.807) is 6.20 Å². The van der Waals surface area contributed by atoms with Crippen molar-refractivity contribution in [1.82, 2.24) is 0 Å². The lowest BCUT2D eigenvalue weighted by Crippen LogP contribution is -1.79. The summed E-state index contributed by atoms with van der Waals surface area (Å²) in [5.41, 5.74) is 0.735. The Bertz CT molecular complexity index is 86.5. The third-order valence-corrected chi connectivity index (χ3v) is 1.55. The van der Waals surface area contributed by atoms with Gasteiger partial charge in [0, 0.05) is 12.2 Å². The van der Waals surface area contributed by atoms with Crippen LogP contribution in [-0.4, -0.2) is 11.6 Å². The molecule has 0 aliphatic carbocycles. The molecule has 0 heterocycles. The van der Waals surface area contributed by atoms with Gasteiger partial charge in [0.1, 0.15) is 0 Å². The summed E-state index contributed by atoms with van der Waals surface area (Å²) >= 11 is 0. The summed E-state index contributed by atoms with van der Waals surface area (Å²) in [6.45, 7) is 7.81. The van der Waals surface area contributed by atoms with Gasteiger partial charge in [-0.05, 0) is 5.66 Å². The summed E-state index contributed by atoms with van der Waals surface area (Å²) < 4.78 is 0. The van der Waals surface area contributed by atoms with Crippen LogP contribution in [0.2, 0.25) is 0 Å². The molecule has 0 amide bonds. The molecular weight excluding hydrogens is 117 g/mol. The summed E-state index contributed by atoms with van der Waals surface area (Å²) in [6.07, 6.45) is 1.56. The summed E-state index contributed by atoms with van der Waals surface area (Å²) in [5.74, 6) is 1.91. The predicted molar refractivity (Wildman–Crippen MR) is 42.1 cm³/mol. The Morgan fingerprint density at radius 2 is 2.25 bits per heavy atom. The minimum absolute atomic E-state index is 0.735. The molecule has 0 fully saturated rings. The summed E-state index contributed by atoms with van der Waals surface area (Å²) in [6, 6.07) is 0.